The molecule has 0 aromatic rings. The number of allylic oxidation sites excluding steroid dienone is 2. The average molecular weight is 484 g/mol. The van der Waals surface area contributed by atoms with Crippen LogP contribution in [-0.4, -0.2) is 91.0 Å². The Kier molecular flexibility index (Phi) is 8.46. The van der Waals surface area contributed by atoms with Crippen molar-refractivity contribution in [1.82, 2.24) is 20.0 Å². The van der Waals surface area contributed by atoms with Gasteiger partial charge in [0.15, 0.2) is 0 Å². The molecule has 1 saturated heterocycles. The second-order valence-corrected chi connectivity index (χ2v) is 10.3. The fourth-order valence-corrected chi connectivity index (χ4v) is 5.45. The Bertz CT molecular complexity index is 942. The molecule has 0 aromatic heterocycles. The van der Waals surface area contributed by atoms with E-state index in [4.69, 9.17) is 4.74 Å². The first kappa shape index (κ1) is 25.7. The number of aliphatic hydroxyl groups excluding tert-OH is 1. The summed E-state index contributed by atoms with van der Waals surface area (Å²) in [5, 5.41) is 13.1. The van der Waals surface area contributed by atoms with Crippen LogP contribution in [0.4, 0.5) is 0 Å². The van der Waals surface area contributed by atoms with Gasteiger partial charge >= 0.3 is 0 Å². The average Bonchev–Trinajstić information content (AvgIpc) is 3.38. The lowest BCUT2D eigenvalue weighted by molar-refractivity contribution is -0.117. The summed E-state index contributed by atoms with van der Waals surface area (Å²) in [6, 6.07) is 0. The fourth-order valence-electron chi connectivity index (χ4n) is 5.45. The van der Waals surface area contributed by atoms with Crippen molar-refractivity contribution < 1.29 is 14.6 Å². The summed E-state index contributed by atoms with van der Waals surface area (Å²) in [6.45, 7) is 10.6. The van der Waals surface area contributed by atoms with Crippen molar-refractivity contribution in [2.75, 3.05) is 53.4 Å². The van der Waals surface area contributed by atoms with E-state index in [0.717, 1.165) is 74.8 Å². The third-order valence-electron chi connectivity index (χ3n) is 7.57. The van der Waals surface area contributed by atoms with Crippen LogP contribution >= 0.6 is 0 Å². The van der Waals surface area contributed by atoms with Crippen molar-refractivity contribution in [2.45, 2.75) is 45.6 Å². The lowest BCUT2D eigenvalue weighted by atomic mass is 9.85. The van der Waals surface area contributed by atoms with Gasteiger partial charge in [-0.05, 0) is 51.8 Å². The fraction of sp³-hybridized carbons (Fsp3) is 0.630. The van der Waals surface area contributed by atoms with E-state index in [1.54, 1.807) is 13.2 Å². The molecule has 3 unspecified atom stereocenters. The molecule has 3 aliphatic heterocycles. The summed E-state index contributed by atoms with van der Waals surface area (Å²) < 4.78 is 5.56. The second kappa shape index (κ2) is 11.5. The molecule has 0 bridgehead atoms. The summed E-state index contributed by atoms with van der Waals surface area (Å²) >= 11 is 0. The number of nitrogens with one attached hydrogen (secondary N) is 1. The highest BCUT2D eigenvalue weighted by atomic mass is 16.5. The molecule has 0 saturated carbocycles. The SMILES string of the molecule is COC1C=C(O)N=C2CCC(NC(=O)/C(CC(C)CN3CCN(C)CC3)=C(/C)N3C=CCC3)=CC21. The minimum Gasteiger partial charge on any atom is -0.493 e. The number of amides is 1. The molecule has 2 N–H and O–H groups in total. The van der Waals surface area contributed by atoms with Crippen molar-refractivity contribution in [1.29, 1.82) is 0 Å². The largest absolute Gasteiger partial charge is 0.493 e. The zero-order valence-corrected chi connectivity index (χ0v) is 21.7. The van der Waals surface area contributed by atoms with Crippen molar-refractivity contribution in [3.05, 3.63) is 47.3 Å². The number of nitrogens with zero attached hydrogens (tertiary/aromatic N) is 4. The molecule has 8 heteroatoms. The van der Waals surface area contributed by atoms with Gasteiger partial charge in [-0.2, -0.15) is 0 Å². The zero-order valence-electron chi connectivity index (χ0n) is 21.7. The molecule has 192 valence electrons. The Morgan fingerprint density at radius 1 is 1.23 bits per heavy atom. The van der Waals surface area contributed by atoms with Gasteiger partial charge in [0.25, 0.3) is 5.91 Å². The van der Waals surface area contributed by atoms with E-state index in [-0.39, 0.29) is 23.8 Å². The van der Waals surface area contributed by atoms with Crippen LogP contribution in [0.15, 0.2) is 52.3 Å². The molecule has 0 aromatic carbocycles. The third kappa shape index (κ3) is 6.42. The van der Waals surface area contributed by atoms with Crippen LogP contribution in [0.5, 0.6) is 0 Å². The minimum atomic E-state index is -0.273. The van der Waals surface area contributed by atoms with Crippen molar-refractivity contribution in [3.63, 3.8) is 0 Å². The number of aliphatic imine (C=N–C) groups is 1. The van der Waals surface area contributed by atoms with E-state index >= 15 is 0 Å². The quantitative estimate of drug-likeness (QED) is 0.517. The predicted molar refractivity (Wildman–Crippen MR) is 139 cm³/mol. The van der Waals surface area contributed by atoms with Crippen molar-refractivity contribution in [3.8, 4) is 0 Å². The minimum absolute atomic E-state index is 0.0113. The number of hydrogen-bond acceptors (Lipinski definition) is 7. The van der Waals surface area contributed by atoms with Crippen LogP contribution in [0.2, 0.25) is 0 Å². The number of fused-ring (bicyclic) bond motifs is 1. The predicted octanol–water partition coefficient (Wildman–Crippen LogP) is 3.03. The highest BCUT2D eigenvalue weighted by Crippen LogP contribution is 2.30. The van der Waals surface area contributed by atoms with E-state index in [2.05, 4.69) is 58.2 Å². The molecule has 0 radical (unpaired) electrons. The second-order valence-electron chi connectivity index (χ2n) is 10.3. The van der Waals surface area contributed by atoms with Gasteiger partial charge < -0.3 is 29.9 Å². The van der Waals surface area contributed by atoms with Gasteiger partial charge in [0.1, 0.15) is 0 Å². The highest BCUT2D eigenvalue weighted by Gasteiger charge is 2.32. The Labute approximate surface area is 209 Å². The summed E-state index contributed by atoms with van der Waals surface area (Å²) in [5.74, 6) is 0.316. The molecule has 0 spiro atoms. The Morgan fingerprint density at radius 3 is 2.69 bits per heavy atom. The molecular weight excluding hydrogens is 442 g/mol. The number of aliphatic hydroxyl groups is 1. The molecule has 1 amide bonds. The molecule has 4 rings (SSSR count). The molecule has 3 heterocycles. The molecule has 8 nitrogen and oxygen atoms in total. The first-order chi connectivity index (χ1) is 16.8. The van der Waals surface area contributed by atoms with E-state index < -0.39 is 0 Å². The van der Waals surface area contributed by atoms with Crippen LogP contribution < -0.4 is 5.32 Å². The van der Waals surface area contributed by atoms with E-state index in [1.807, 2.05) is 6.08 Å². The molecular formula is C27H41N5O3. The first-order valence-electron chi connectivity index (χ1n) is 12.9. The number of piperazine rings is 1. The molecule has 35 heavy (non-hydrogen) atoms. The molecule has 1 aliphatic carbocycles. The topological polar surface area (TPSA) is 80.6 Å². The van der Waals surface area contributed by atoms with Gasteiger partial charge in [0.05, 0.1) is 6.10 Å². The highest BCUT2D eigenvalue weighted by molar-refractivity contribution is 5.96. The maximum atomic E-state index is 13.6. The zero-order chi connectivity index (χ0) is 24.9. The van der Waals surface area contributed by atoms with E-state index in [9.17, 15) is 9.90 Å². The third-order valence-corrected chi connectivity index (χ3v) is 7.57. The standard InChI is InChI=1S/C27H41N5O3/c1-19(18-31-13-11-30(3)12-14-31)15-22(20(2)32-9-5-6-10-32)27(34)28-21-7-8-24-23(16-21)25(35-4)17-26(33)29-24/h5,9,16-17,19,23,25,33H,6-8,10-15,18H2,1-4H3,(H,28,34)/b22-20-. The number of rotatable bonds is 8. The first-order valence-corrected chi connectivity index (χ1v) is 12.9. The maximum Gasteiger partial charge on any atom is 0.253 e. The van der Waals surface area contributed by atoms with Crippen molar-refractivity contribution in [2.24, 2.45) is 16.8 Å². The van der Waals surface area contributed by atoms with Gasteiger partial charge in [0, 0.05) is 81.1 Å². The lowest BCUT2D eigenvalue weighted by Gasteiger charge is -2.34. The normalized spacial score (nSPS) is 27.0. The number of likely N-dealkylation sites (N-methyl/N-ethyl adjacent to an activating group) is 1. The van der Waals surface area contributed by atoms with Crippen molar-refractivity contribution >= 4 is 11.6 Å². The smallest absolute Gasteiger partial charge is 0.253 e. The number of methoxy groups -OCH3 is 1. The Balaban J connectivity index is 1.47. The van der Waals surface area contributed by atoms with Crippen LogP contribution in [-0.2, 0) is 9.53 Å². The summed E-state index contributed by atoms with van der Waals surface area (Å²) in [6.07, 6.45) is 10.8. The Hall–Kier alpha value is -2.42. The number of carbonyl (C=O) groups excluding carboxylic acids is 1. The number of ether oxygens (including phenoxy) is 1. The summed E-state index contributed by atoms with van der Waals surface area (Å²) in [4.78, 5) is 25.0. The van der Waals surface area contributed by atoms with E-state index in [1.165, 1.54) is 0 Å². The molecule has 4 aliphatic rings. The lowest BCUT2D eigenvalue weighted by Crippen LogP contribution is -2.46. The number of hydrogen-bond donors (Lipinski definition) is 2. The van der Waals surface area contributed by atoms with Crippen LogP contribution in [0.25, 0.3) is 0 Å². The van der Waals surface area contributed by atoms with Gasteiger partial charge in [-0.25, -0.2) is 4.99 Å². The Morgan fingerprint density at radius 2 is 2.00 bits per heavy atom. The maximum absolute atomic E-state index is 13.6. The number of carbonyl (C=O) groups is 1. The van der Waals surface area contributed by atoms with Gasteiger partial charge in [-0.3, -0.25) is 4.79 Å². The van der Waals surface area contributed by atoms with Crippen LogP contribution in [0.3, 0.4) is 0 Å². The van der Waals surface area contributed by atoms with Crippen LogP contribution in [0, 0.1) is 11.8 Å². The van der Waals surface area contributed by atoms with Crippen LogP contribution in [0.1, 0.15) is 39.5 Å². The van der Waals surface area contributed by atoms with E-state index in [0.29, 0.717) is 18.8 Å². The summed E-state index contributed by atoms with van der Waals surface area (Å²) in [7, 11) is 3.81. The van der Waals surface area contributed by atoms with Gasteiger partial charge in [0.2, 0.25) is 5.88 Å². The monoisotopic (exact) mass is 483 g/mol. The van der Waals surface area contributed by atoms with Gasteiger partial charge in [-0.1, -0.05) is 19.1 Å². The summed E-state index contributed by atoms with van der Waals surface area (Å²) in [5.41, 5.74) is 3.72. The molecule has 1 fully saturated rings. The van der Waals surface area contributed by atoms with Gasteiger partial charge in [-0.15, -0.1) is 0 Å². The molecule has 3 atom stereocenters.